The summed E-state index contributed by atoms with van der Waals surface area (Å²) in [4.78, 5) is 11.4. The molecule has 1 nitrogen and oxygen atoms in total. The van der Waals surface area contributed by atoms with Gasteiger partial charge in [-0.15, -0.1) is 0 Å². The molecule has 0 heterocycles. The molecule has 1 aliphatic rings. The van der Waals surface area contributed by atoms with Crippen molar-refractivity contribution in [1.29, 1.82) is 0 Å². The Morgan fingerprint density at radius 1 is 1.24 bits per heavy atom. The highest BCUT2D eigenvalue weighted by Gasteiger charge is 2.39. The van der Waals surface area contributed by atoms with Crippen LogP contribution in [0.15, 0.2) is 24.3 Å². The molecule has 0 aromatic heterocycles. The van der Waals surface area contributed by atoms with Gasteiger partial charge in [-0.3, -0.25) is 4.79 Å². The lowest BCUT2D eigenvalue weighted by molar-refractivity contribution is -0.138. The summed E-state index contributed by atoms with van der Waals surface area (Å²) in [6.45, 7) is 1.72. The maximum Gasteiger partial charge on any atom is 0.416 e. The molecule has 2 atom stereocenters. The Morgan fingerprint density at radius 3 is 2.41 bits per heavy atom. The second-order valence-corrected chi connectivity index (χ2v) is 4.49. The van der Waals surface area contributed by atoms with Crippen LogP contribution < -0.4 is 0 Å². The molecule has 4 heteroatoms. The van der Waals surface area contributed by atoms with Gasteiger partial charge in [-0.2, -0.15) is 13.2 Å². The Labute approximate surface area is 97.6 Å². The number of carbonyl (C=O) groups is 1. The van der Waals surface area contributed by atoms with Gasteiger partial charge in [0.2, 0.25) is 0 Å². The SMILES string of the molecule is CC1C(=O)CCC1c1ccccc1C(F)(F)F. The zero-order valence-electron chi connectivity index (χ0n) is 9.42. The summed E-state index contributed by atoms with van der Waals surface area (Å²) >= 11 is 0. The monoisotopic (exact) mass is 242 g/mol. The van der Waals surface area contributed by atoms with Gasteiger partial charge in [0.1, 0.15) is 5.78 Å². The zero-order chi connectivity index (χ0) is 12.6. The average Bonchev–Trinajstić information content (AvgIpc) is 2.59. The van der Waals surface area contributed by atoms with E-state index in [0.29, 0.717) is 12.8 Å². The van der Waals surface area contributed by atoms with Crippen molar-refractivity contribution < 1.29 is 18.0 Å². The van der Waals surface area contributed by atoms with Gasteiger partial charge < -0.3 is 0 Å². The third-order valence-electron chi connectivity index (χ3n) is 3.48. The first-order chi connectivity index (χ1) is 7.91. The minimum Gasteiger partial charge on any atom is -0.299 e. The summed E-state index contributed by atoms with van der Waals surface area (Å²) in [5.74, 6) is -0.536. The molecular formula is C13H13F3O. The molecule has 0 saturated heterocycles. The van der Waals surface area contributed by atoms with Crippen LogP contribution in [-0.4, -0.2) is 5.78 Å². The van der Waals surface area contributed by atoms with Crippen LogP contribution in [0.25, 0.3) is 0 Å². The van der Waals surface area contributed by atoms with Crippen LogP contribution in [0.1, 0.15) is 36.8 Å². The molecule has 0 amide bonds. The number of alkyl halides is 3. The van der Waals surface area contributed by atoms with E-state index in [2.05, 4.69) is 0 Å². The molecule has 1 aliphatic carbocycles. The van der Waals surface area contributed by atoms with Crippen LogP contribution in [0.5, 0.6) is 0 Å². The summed E-state index contributed by atoms with van der Waals surface area (Å²) in [7, 11) is 0. The molecule has 17 heavy (non-hydrogen) atoms. The third kappa shape index (κ3) is 2.21. The first-order valence-corrected chi connectivity index (χ1v) is 5.60. The summed E-state index contributed by atoms with van der Waals surface area (Å²) in [5, 5.41) is 0. The molecule has 0 N–H and O–H groups in total. The minimum atomic E-state index is -4.35. The first-order valence-electron chi connectivity index (χ1n) is 5.60. The fourth-order valence-electron chi connectivity index (χ4n) is 2.50. The highest BCUT2D eigenvalue weighted by molar-refractivity contribution is 5.84. The lowest BCUT2D eigenvalue weighted by atomic mass is 9.86. The molecule has 0 spiro atoms. The molecule has 92 valence electrons. The van der Waals surface area contributed by atoms with E-state index < -0.39 is 11.7 Å². The lowest BCUT2D eigenvalue weighted by Crippen LogP contribution is -2.15. The van der Waals surface area contributed by atoms with Gasteiger partial charge in [0.25, 0.3) is 0 Å². The van der Waals surface area contributed by atoms with Crippen LogP contribution >= 0.6 is 0 Å². The number of halogens is 3. The van der Waals surface area contributed by atoms with Gasteiger partial charge in [-0.25, -0.2) is 0 Å². The van der Waals surface area contributed by atoms with Crippen molar-refractivity contribution in [2.75, 3.05) is 0 Å². The largest absolute Gasteiger partial charge is 0.416 e. The van der Waals surface area contributed by atoms with Gasteiger partial charge >= 0.3 is 6.18 Å². The van der Waals surface area contributed by atoms with Gasteiger partial charge in [-0.05, 0) is 24.0 Å². The van der Waals surface area contributed by atoms with Gasteiger partial charge in [0, 0.05) is 12.3 Å². The van der Waals surface area contributed by atoms with Crippen LogP contribution in [0, 0.1) is 5.92 Å². The normalized spacial score (nSPS) is 25.3. The van der Waals surface area contributed by atoms with Crippen molar-refractivity contribution in [1.82, 2.24) is 0 Å². The highest BCUT2D eigenvalue weighted by Crippen LogP contribution is 2.42. The zero-order valence-corrected chi connectivity index (χ0v) is 9.42. The summed E-state index contributed by atoms with van der Waals surface area (Å²) in [6, 6.07) is 5.56. The predicted octanol–water partition coefficient (Wildman–Crippen LogP) is 3.79. The molecule has 2 unspecified atom stereocenters. The Bertz CT molecular complexity index is 437. The second-order valence-electron chi connectivity index (χ2n) is 4.49. The number of hydrogen-bond acceptors (Lipinski definition) is 1. The average molecular weight is 242 g/mol. The Hall–Kier alpha value is -1.32. The molecule has 1 fully saturated rings. The highest BCUT2D eigenvalue weighted by atomic mass is 19.4. The smallest absolute Gasteiger partial charge is 0.299 e. The van der Waals surface area contributed by atoms with Gasteiger partial charge in [-0.1, -0.05) is 25.1 Å². The molecule has 2 rings (SSSR count). The number of rotatable bonds is 1. The van der Waals surface area contributed by atoms with E-state index in [4.69, 9.17) is 0 Å². The van der Waals surface area contributed by atoms with E-state index >= 15 is 0 Å². The number of ketones is 1. The molecule has 1 aromatic rings. The number of Topliss-reactive ketones (excluding diaryl/α,β-unsaturated/α-hetero) is 1. The quantitative estimate of drug-likeness (QED) is 0.732. The van der Waals surface area contributed by atoms with Crippen molar-refractivity contribution in [2.24, 2.45) is 5.92 Å². The lowest BCUT2D eigenvalue weighted by Gasteiger charge is -2.20. The maximum atomic E-state index is 12.8. The van der Waals surface area contributed by atoms with Crippen LogP contribution in [-0.2, 0) is 11.0 Å². The molecule has 1 aromatic carbocycles. The molecule has 0 bridgehead atoms. The Morgan fingerprint density at radius 2 is 1.88 bits per heavy atom. The van der Waals surface area contributed by atoms with E-state index in [9.17, 15) is 18.0 Å². The topological polar surface area (TPSA) is 17.1 Å². The minimum absolute atomic E-state index is 0.0620. The van der Waals surface area contributed by atoms with E-state index in [1.54, 1.807) is 13.0 Å². The Kier molecular flexibility index (Phi) is 2.98. The fourth-order valence-corrected chi connectivity index (χ4v) is 2.50. The van der Waals surface area contributed by atoms with Gasteiger partial charge in [0.15, 0.2) is 0 Å². The van der Waals surface area contributed by atoms with E-state index in [1.807, 2.05) is 0 Å². The number of carbonyl (C=O) groups excluding carboxylic acids is 1. The molecule has 0 aliphatic heterocycles. The third-order valence-corrected chi connectivity index (χ3v) is 3.48. The Balaban J connectivity index is 2.43. The van der Waals surface area contributed by atoms with Gasteiger partial charge in [0.05, 0.1) is 5.56 Å². The van der Waals surface area contributed by atoms with Crippen LogP contribution in [0.3, 0.4) is 0 Å². The molecule has 0 radical (unpaired) electrons. The summed E-state index contributed by atoms with van der Waals surface area (Å²) in [5.41, 5.74) is -0.343. The van der Waals surface area contributed by atoms with Crippen LogP contribution in [0.2, 0.25) is 0 Å². The summed E-state index contributed by atoms with van der Waals surface area (Å²) in [6.07, 6.45) is -3.44. The van der Waals surface area contributed by atoms with E-state index in [0.717, 1.165) is 6.07 Å². The van der Waals surface area contributed by atoms with Crippen molar-refractivity contribution in [3.8, 4) is 0 Å². The second kappa shape index (κ2) is 4.17. The van der Waals surface area contributed by atoms with Crippen LogP contribution in [0.4, 0.5) is 13.2 Å². The van der Waals surface area contributed by atoms with Crippen molar-refractivity contribution in [3.05, 3.63) is 35.4 Å². The van der Waals surface area contributed by atoms with E-state index in [-0.39, 0.29) is 23.2 Å². The van der Waals surface area contributed by atoms with Crippen molar-refractivity contribution in [3.63, 3.8) is 0 Å². The van der Waals surface area contributed by atoms with E-state index in [1.165, 1.54) is 12.1 Å². The molecular weight excluding hydrogens is 229 g/mol. The maximum absolute atomic E-state index is 12.8. The summed E-state index contributed by atoms with van der Waals surface area (Å²) < 4.78 is 38.5. The first kappa shape index (κ1) is 12.1. The van der Waals surface area contributed by atoms with Crippen molar-refractivity contribution >= 4 is 5.78 Å². The number of hydrogen-bond donors (Lipinski definition) is 0. The van der Waals surface area contributed by atoms with Crippen molar-refractivity contribution in [2.45, 2.75) is 31.9 Å². The number of benzene rings is 1. The molecule has 1 saturated carbocycles. The fraction of sp³-hybridized carbons (Fsp3) is 0.462. The standard InChI is InChI=1S/C13H13F3O/c1-8-9(6-7-12(8)17)10-4-2-3-5-11(10)13(14,15)16/h2-5,8-9H,6-7H2,1H3. The predicted molar refractivity (Wildman–Crippen MR) is 57.6 cm³/mol.